The molecule has 2 aromatic rings. The van der Waals surface area contributed by atoms with Crippen LogP contribution in [-0.4, -0.2) is 34.6 Å². The molecule has 0 radical (unpaired) electrons. The van der Waals surface area contributed by atoms with Gasteiger partial charge in [-0.2, -0.15) is 13.1 Å². The zero-order valence-corrected chi connectivity index (χ0v) is 13.1. The fourth-order valence-corrected chi connectivity index (χ4v) is 4.47. The normalized spacial score (nSPS) is 12.4. The van der Waals surface area contributed by atoms with Crippen molar-refractivity contribution in [3.8, 4) is 0 Å². The quantitative estimate of drug-likeness (QED) is 0.850. The molecule has 0 fully saturated rings. The SMILES string of the molecule is CCN(CC)S(=O)(=O)c1ccc(Br)c2nsnc12. The average molecular weight is 350 g/mol. The van der Waals surface area contributed by atoms with Crippen LogP contribution >= 0.6 is 27.7 Å². The number of hydrogen-bond donors (Lipinski definition) is 0. The zero-order valence-electron chi connectivity index (χ0n) is 9.92. The Hall–Kier alpha value is -0.570. The molecule has 8 heteroatoms. The van der Waals surface area contributed by atoms with E-state index in [0.717, 1.165) is 16.2 Å². The van der Waals surface area contributed by atoms with E-state index in [1.54, 1.807) is 12.1 Å². The second-order valence-electron chi connectivity index (χ2n) is 3.60. The van der Waals surface area contributed by atoms with Crippen LogP contribution in [0.2, 0.25) is 0 Å². The molecule has 0 aliphatic rings. The van der Waals surface area contributed by atoms with Gasteiger partial charge in [0.25, 0.3) is 0 Å². The standard InChI is InChI=1S/C10H12BrN3O2S2/c1-3-14(4-2)18(15,16)8-6-5-7(11)9-10(8)13-17-12-9/h5-6H,3-4H2,1-2H3. The lowest BCUT2D eigenvalue weighted by molar-refractivity contribution is 0.446. The van der Waals surface area contributed by atoms with Gasteiger partial charge >= 0.3 is 0 Å². The molecule has 0 amide bonds. The monoisotopic (exact) mass is 349 g/mol. The second-order valence-corrected chi connectivity index (χ2v) is 6.89. The lowest BCUT2D eigenvalue weighted by Gasteiger charge is -2.18. The molecule has 0 aliphatic heterocycles. The summed E-state index contributed by atoms with van der Waals surface area (Å²) in [4.78, 5) is 0.221. The number of hydrogen-bond acceptors (Lipinski definition) is 5. The van der Waals surface area contributed by atoms with Crippen LogP contribution in [0.1, 0.15) is 13.8 Å². The number of rotatable bonds is 4. The summed E-state index contributed by atoms with van der Waals surface area (Å²) in [6.45, 7) is 4.51. The van der Waals surface area contributed by atoms with Crippen molar-refractivity contribution < 1.29 is 8.42 Å². The molecule has 0 atom stereocenters. The second kappa shape index (κ2) is 5.20. The summed E-state index contributed by atoms with van der Waals surface area (Å²) in [5, 5.41) is 0. The van der Waals surface area contributed by atoms with Crippen LogP contribution in [0.25, 0.3) is 11.0 Å². The minimum absolute atomic E-state index is 0.221. The van der Waals surface area contributed by atoms with Crippen molar-refractivity contribution in [2.45, 2.75) is 18.7 Å². The maximum absolute atomic E-state index is 12.5. The molecule has 0 saturated carbocycles. The maximum Gasteiger partial charge on any atom is 0.245 e. The van der Waals surface area contributed by atoms with Gasteiger partial charge in [-0.25, -0.2) is 8.42 Å². The molecule has 5 nitrogen and oxygen atoms in total. The summed E-state index contributed by atoms with van der Waals surface area (Å²) in [7, 11) is -3.50. The average Bonchev–Trinajstić information content (AvgIpc) is 2.80. The molecule has 0 aliphatic carbocycles. The first-order valence-electron chi connectivity index (χ1n) is 5.43. The highest BCUT2D eigenvalue weighted by Crippen LogP contribution is 2.29. The third-order valence-electron chi connectivity index (χ3n) is 2.65. The van der Waals surface area contributed by atoms with Crippen LogP contribution in [0.4, 0.5) is 0 Å². The Morgan fingerprint density at radius 2 is 1.83 bits per heavy atom. The van der Waals surface area contributed by atoms with Crippen molar-refractivity contribution in [3.63, 3.8) is 0 Å². The predicted octanol–water partition coefficient (Wildman–Crippen LogP) is 2.48. The topological polar surface area (TPSA) is 63.2 Å². The van der Waals surface area contributed by atoms with Crippen molar-refractivity contribution in [1.29, 1.82) is 0 Å². The molecule has 0 spiro atoms. The van der Waals surface area contributed by atoms with E-state index in [1.807, 2.05) is 13.8 Å². The Balaban J connectivity index is 2.68. The van der Waals surface area contributed by atoms with Crippen LogP contribution in [0, 0.1) is 0 Å². The van der Waals surface area contributed by atoms with Crippen LogP contribution in [0.15, 0.2) is 21.5 Å². The van der Waals surface area contributed by atoms with E-state index in [-0.39, 0.29) is 4.90 Å². The Morgan fingerprint density at radius 3 is 2.44 bits per heavy atom. The molecular weight excluding hydrogens is 338 g/mol. The molecular formula is C10H12BrN3O2S2. The minimum atomic E-state index is -3.50. The van der Waals surface area contributed by atoms with E-state index < -0.39 is 10.0 Å². The number of benzene rings is 1. The lowest BCUT2D eigenvalue weighted by atomic mass is 10.3. The molecule has 18 heavy (non-hydrogen) atoms. The Labute approximate surface area is 118 Å². The van der Waals surface area contributed by atoms with Gasteiger partial charge in [-0.15, -0.1) is 0 Å². The van der Waals surface area contributed by atoms with Crippen molar-refractivity contribution in [3.05, 3.63) is 16.6 Å². The smallest absolute Gasteiger partial charge is 0.207 e. The number of halogens is 1. The van der Waals surface area contributed by atoms with E-state index in [1.165, 1.54) is 4.31 Å². The highest BCUT2D eigenvalue weighted by Gasteiger charge is 2.25. The van der Waals surface area contributed by atoms with Gasteiger partial charge in [0.1, 0.15) is 15.9 Å². The molecule has 1 aromatic carbocycles. The van der Waals surface area contributed by atoms with Gasteiger partial charge in [0.05, 0.1) is 11.7 Å². The van der Waals surface area contributed by atoms with Gasteiger partial charge in [-0.05, 0) is 28.1 Å². The largest absolute Gasteiger partial charge is 0.245 e. The van der Waals surface area contributed by atoms with E-state index in [0.29, 0.717) is 24.1 Å². The predicted molar refractivity (Wildman–Crippen MR) is 75.2 cm³/mol. The van der Waals surface area contributed by atoms with E-state index >= 15 is 0 Å². The number of nitrogens with zero attached hydrogens (tertiary/aromatic N) is 3. The van der Waals surface area contributed by atoms with Gasteiger partial charge < -0.3 is 0 Å². The molecule has 0 unspecified atom stereocenters. The highest BCUT2D eigenvalue weighted by atomic mass is 79.9. The zero-order chi connectivity index (χ0) is 13.3. The van der Waals surface area contributed by atoms with Crippen molar-refractivity contribution in [1.82, 2.24) is 13.1 Å². The van der Waals surface area contributed by atoms with Gasteiger partial charge in [0, 0.05) is 17.6 Å². The van der Waals surface area contributed by atoms with E-state index in [9.17, 15) is 8.42 Å². The maximum atomic E-state index is 12.5. The van der Waals surface area contributed by atoms with Gasteiger partial charge in [0.2, 0.25) is 10.0 Å². The molecule has 0 bridgehead atoms. The van der Waals surface area contributed by atoms with Crippen LogP contribution < -0.4 is 0 Å². The molecule has 0 N–H and O–H groups in total. The van der Waals surface area contributed by atoms with Crippen LogP contribution in [-0.2, 0) is 10.0 Å². The molecule has 1 heterocycles. The van der Waals surface area contributed by atoms with E-state index in [4.69, 9.17) is 0 Å². The lowest BCUT2D eigenvalue weighted by Crippen LogP contribution is -2.30. The third-order valence-corrected chi connectivity index (χ3v) is 5.90. The summed E-state index contributed by atoms with van der Waals surface area (Å²) in [6.07, 6.45) is 0. The van der Waals surface area contributed by atoms with Crippen LogP contribution in [0.3, 0.4) is 0 Å². The summed E-state index contributed by atoms with van der Waals surface area (Å²) < 4.78 is 35.3. The fourth-order valence-electron chi connectivity index (χ4n) is 1.72. The van der Waals surface area contributed by atoms with E-state index in [2.05, 4.69) is 24.7 Å². The Kier molecular flexibility index (Phi) is 4.00. The summed E-state index contributed by atoms with van der Waals surface area (Å²) in [5.74, 6) is 0. The molecule has 0 saturated heterocycles. The van der Waals surface area contributed by atoms with Gasteiger partial charge in [-0.1, -0.05) is 13.8 Å². The van der Waals surface area contributed by atoms with Gasteiger partial charge in [0.15, 0.2) is 0 Å². The minimum Gasteiger partial charge on any atom is -0.207 e. The first-order chi connectivity index (χ1) is 8.52. The highest BCUT2D eigenvalue weighted by molar-refractivity contribution is 9.10. The van der Waals surface area contributed by atoms with Crippen molar-refractivity contribution in [2.75, 3.05) is 13.1 Å². The molecule has 98 valence electrons. The summed E-state index contributed by atoms with van der Waals surface area (Å²) >= 11 is 4.36. The fraction of sp³-hybridized carbons (Fsp3) is 0.400. The molecule has 1 aromatic heterocycles. The third kappa shape index (κ3) is 2.18. The van der Waals surface area contributed by atoms with Crippen molar-refractivity contribution >= 4 is 48.7 Å². The number of aromatic nitrogens is 2. The Bertz CT molecular complexity index is 665. The van der Waals surface area contributed by atoms with Crippen molar-refractivity contribution in [2.24, 2.45) is 0 Å². The molecule has 2 rings (SSSR count). The first-order valence-corrected chi connectivity index (χ1v) is 8.39. The van der Waals surface area contributed by atoms with Crippen LogP contribution in [0.5, 0.6) is 0 Å². The van der Waals surface area contributed by atoms with Gasteiger partial charge in [-0.3, -0.25) is 0 Å². The summed E-state index contributed by atoms with van der Waals surface area (Å²) in [5.41, 5.74) is 1.02. The summed E-state index contributed by atoms with van der Waals surface area (Å²) in [6, 6.07) is 3.27. The Morgan fingerprint density at radius 1 is 1.22 bits per heavy atom. The number of sulfonamides is 1. The first kappa shape index (κ1) is 13.9. The number of fused-ring (bicyclic) bond motifs is 1.